The van der Waals surface area contributed by atoms with Gasteiger partial charge in [-0.2, -0.15) is 0 Å². The molecule has 0 unspecified atom stereocenters. The van der Waals surface area contributed by atoms with E-state index < -0.39 is 0 Å². The van der Waals surface area contributed by atoms with Crippen LogP contribution in [0.5, 0.6) is 0 Å². The quantitative estimate of drug-likeness (QED) is 0.338. The molecule has 4 aromatic rings. The first-order chi connectivity index (χ1) is 17.1. The molecule has 1 saturated heterocycles. The summed E-state index contributed by atoms with van der Waals surface area (Å²) in [6, 6.07) is 21.9. The van der Waals surface area contributed by atoms with Crippen molar-refractivity contribution in [2.45, 2.75) is 51.6 Å². The number of hydrogen-bond acceptors (Lipinski definition) is 4. The van der Waals surface area contributed by atoms with E-state index in [2.05, 4.69) is 65.7 Å². The number of hydrogen-bond donors (Lipinski definition) is 1. The lowest BCUT2D eigenvalue weighted by molar-refractivity contribution is 0.328. The van der Waals surface area contributed by atoms with Gasteiger partial charge in [0.05, 0.1) is 11.2 Å². The number of anilines is 1. The van der Waals surface area contributed by atoms with E-state index in [9.17, 15) is 0 Å². The van der Waals surface area contributed by atoms with Crippen LogP contribution < -0.4 is 5.32 Å². The molecule has 2 heterocycles. The van der Waals surface area contributed by atoms with Crippen LogP contribution in [0.2, 0.25) is 5.02 Å². The molecule has 6 rings (SSSR count). The number of rotatable bonds is 5. The Morgan fingerprint density at radius 3 is 2.74 bits per heavy atom. The van der Waals surface area contributed by atoms with E-state index in [1.807, 2.05) is 12.1 Å². The van der Waals surface area contributed by atoms with Crippen LogP contribution in [0.1, 0.15) is 41.6 Å². The third-order valence-corrected chi connectivity index (χ3v) is 7.77. The van der Waals surface area contributed by atoms with Crippen molar-refractivity contribution in [2.75, 3.05) is 18.4 Å². The van der Waals surface area contributed by atoms with E-state index in [1.54, 1.807) is 0 Å². The topological polar surface area (TPSA) is 41.1 Å². The fourth-order valence-electron chi connectivity index (χ4n) is 5.69. The molecule has 3 aromatic carbocycles. The number of nitrogens with zero attached hydrogens (tertiary/aromatic N) is 3. The van der Waals surface area contributed by atoms with Crippen LogP contribution in [-0.4, -0.2) is 34.0 Å². The Morgan fingerprint density at radius 2 is 1.86 bits per heavy atom. The smallest absolute Gasteiger partial charge is 0.223 e. The number of nitrogens with one attached hydrogen (secondary N) is 1. The second-order valence-electron chi connectivity index (χ2n) is 10.0. The van der Waals surface area contributed by atoms with Crippen molar-refractivity contribution < 1.29 is 0 Å². The van der Waals surface area contributed by atoms with Crippen LogP contribution >= 0.6 is 11.6 Å². The summed E-state index contributed by atoms with van der Waals surface area (Å²) in [5.41, 5.74) is 9.02. The highest BCUT2D eigenvalue weighted by Crippen LogP contribution is 2.33. The number of benzene rings is 3. The first-order valence-corrected chi connectivity index (χ1v) is 13.1. The first-order valence-electron chi connectivity index (χ1n) is 12.8. The Balaban J connectivity index is 1.19. The summed E-state index contributed by atoms with van der Waals surface area (Å²) in [7, 11) is 0. The van der Waals surface area contributed by atoms with Gasteiger partial charge in [-0.15, -0.1) is 0 Å². The summed E-state index contributed by atoms with van der Waals surface area (Å²) >= 11 is 6.03. The summed E-state index contributed by atoms with van der Waals surface area (Å²) in [5.74, 6) is 0.734. The van der Waals surface area contributed by atoms with Gasteiger partial charge >= 0.3 is 0 Å². The molecule has 0 amide bonds. The lowest BCUT2D eigenvalue weighted by atomic mass is 9.86. The third kappa shape index (κ3) is 4.78. The maximum absolute atomic E-state index is 6.03. The zero-order chi connectivity index (χ0) is 23.8. The van der Waals surface area contributed by atoms with Crippen molar-refractivity contribution in [2.24, 2.45) is 0 Å². The van der Waals surface area contributed by atoms with E-state index in [0.717, 1.165) is 53.6 Å². The molecule has 1 aliphatic carbocycles. The minimum absolute atomic E-state index is 0.356. The summed E-state index contributed by atoms with van der Waals surface area (Å²) in [6.45, 7) is 5.10. The molecule has 4 nitrogen and oxygen atoms in total. The molecule has 1 aromatic heterocycles. The Hall–Kier alpha value is -2.95. The molecular weight excluding hydrogens is 452 g/mol. The van der Waals surface area contributed by atoms with Gasteiger partial charge in [-0.1, -0.05) is 48.0 Å². The fourth-order valence-corrected chi connectivity index (χ4v) is 5.82. The molecule has 5 heteroatoms. The molecule has 1 fully saturated rings. The molecule has 1 N–H and O–H groups in total. The van der Waals surface area contributed by atoms with Gasteiger partial charge in [0.1, 0.15) is 0 Å². The number of aromatic nitrogens is 2. The van der Waals surface area contributed by atoms with Gasteiger partial charge in [-0.25, -0.2) is 9.97 Å². The van der Waals surface area contributed by atoms with Gasteiger partial charge in [-0.3, -0.25) is 4.90 Å². The molecule has 0 saturated carbocycles. The van der Waals surface area contributed by atoms with E-state index in [-0.39, 0.29) is 0 Å². The Labute approximate surface area is 212 Å². The largest absolute Gasteiger partial charge is 0.350 e. The first kappa shape index (κ1) is 22.5. The Bertz CT molecular complexity index is 1370. The molecular formula is C30H31ClN4. The summed E-state index contributed by atoms with van der Waals surface area (Å²) in [5, 5.41) is 5.52. The Kier molecular flexibility index (Phi) is 6.17. The van der Waals surface area contributed by atoms with Crippen molar-refractivity contribution in [3.05, 3.63) is 88.1 Å². The normalized spacial score (nSPS) is 18.1. The van der Waals surface area contributed by atoms with Crippen LogP contribution in [0.25, 0.3) is 22.0 Å². The van der Waals surface area contributed by atoms with E-state index in [1.165, 1.54) is 53.5 Å². The van der Waals surface area contributed by atoms with Crippen molar-refractivity contribution in [1.29, 1.82) is 0 Å². The average Bonchev–Trinajstić information content (AvgIpc) is 3.31. The van der Waals surface area contributed by atoms with Gasteiger partial charge in [-0.05, 0) is 91.1 Å². The van der Waals surface area contributed by atoms with Gasteiger partial charge in [0.15, 0.2) is 0 Å². The van der Waals surface area contributed by atoms with Crippen LogP contribution in [0.4, 0.5) is 5.95 Å². The average molecular weight is 483 g/mol. The zero-order valence-electron chi connectivity index (χ0n) is 20.2. The van der Waals surface area contributed by atoms with E-state index in [4.69, 9.17) is 21.6 Å². The van der Waals surface area contributed by atoms with E-state index in [0.29, 0.717) is 6.04 Å². The predicted molar refractivity (Wildman–Crippen MR) is 145 cm³/mol. The highest BCUT2D eigenvalue weighted by atomic mass is 35.5. The lowest BCUT2D eigenvalue weighted by Crippen LogP contribution is -2.26. The van der Waals surface area contributed by atoms with Crippen LogP contribution in [0.15, 0.2) is 60.7 Å². The second kappa shape index (κ2) is 9.60. The molecule has 178 valence electrons. The highest BCUT2D eigenvalue weighted by molar-refractivity contribution is 6.30. The predicted octanol–water partition coefficient (Wildman–Crippen LogP) is 6.82. The maximum Gasteiger partial charge on any atom is 0.223 e. The molecule has 0 bridgehead atoms. The van der Waals surface area contributed by atoms with Gasteiger partial charge < -0.3 is 5.32 Å². The molecule has 35 heavy (non-hydrogen) atoms. The van der Waals surface area contributed by atoms with Crippen molar-refractivity contribution in [3.8, 4) is 11.1 Å². The monoisotopic (exact) mass is 482 g/mol. The van der Waals surface area contributed by atoms with Gasteiger partial charge in [0.2, 0.25) is 5.95 Å². The summed E-state index contributed by atoms with van der Waals surface area (Å²) < 4.78 is 0. The maximum atomic E-state index is 6.03. The fraction of sp³-hybridized carbons (Fsp3) is 0.333. The zero-order valence-corrected chi connectivity index (χ0v) is 21.0. The lowest BCUT2D eigenvalue weighted by Gasteiger charge is -2.20. The second-order valence-corrected chi connectivity index (χ2v) is 10.4. The summed E-state index contributed by atoms with van der Waals surface area (Å²) in [6.07, 6.45) is 6.06. The molecule has 0 spiro atoms. The Morgan fingerprint density at radius 1 is 1.00 bits per heavy atom. The number of likely N-dealkylation sites (tertiary alicyclic amines) is 1. The van der Waals surface area contributed by atoms with E-state index >= 15 is 0 Å². The minimum atomic E-state index is 0.356. The van der Waals surface area contributed by atoms with Crippen molar-refractivity contribution in [3.63, 3.8) is 0 Å². The van der Waals surface area contributed by atoms with Gasteiger partial charge in [0, 0.05) is 36.1 Å². The third-order valence-electron chi connectivity index (χ3n) is 7.52. The van der Waals surface area contributed by atoms with Crippen molar-refractivity contribution >= 4 is 28.5 Å². The van der Waals surface area contributed by atoms with Crippen molar-refractivity contribution in [1.82, 2.24) is 14.9 Å². The van der Waals surface area contributed by atoms with Crippen LogP contribution in [-0.2, 0) is 19.4 Å². The number of aryl methyl sites for hydroxylation is 2. The minimum Gasteiger partial charge on any atom is -0.350 e. The molecule has 0 radical (unpaired) electrons. The van der Waals surface area contributed by atoms with Crippen LogP contribution in [0, 0.1) is 6.92 Å². The number of fused-ring (bicyclic) bond motifs is 2. The van der Waals surface area contributed by atoms with Gasteiger partial charge in [0.25, 0.3) is 0 Å². The summed E-state index contributed by atoms with van der Waals surface area (Å²) in [4.78, 5) is 12.2. The SMILES string of the molecule is Cc1nc(N[C@@H]2CCN(Cc3ccc(Cl)cc3)C2)nc2ccc(-c3cccc4c3CCCC4)cc12. The number of halogens is 1. The molecule has 2 aliphatic rings. The highest BCUT2D eigenvalue weighted by Gasteiger charge is 2.23. The molecule has 1 atom stereocenters. The standard InChI is InChI=1S/C30H31ClN4/c1-20-28-17-23(27-8-4-6-22-5-2-3-7-26(22)27)11-14-29(28)34-30(32-20)33-25-15-16-35(19-25)18-21-9-12-24(31)13-10-21/h4,6,8-14,17,25H,2-3,5,7,15-16,18-19H2,1H3,(H,32,33,34)/t25-/m1/s1. The van der Waals surface area contributed by atoms with Crippen LogP contribution in [0.3, 0.4) is 0 Å². The molecule has 1 aliphatic heterocycles.